The number of urea groups is 1. The van der Waals surface area contributed by atoms with E-state index in [4.69, 9.17) is 4.52 Å². The highest BCUT2D eigenvalue weighted by Crippen LogP contribution is 2.14. The van der Waals surface area contributed by atoms with Gasteiger partial charge in [-0.25, -0.2) is 9.18 Å². The zero-order valence-electron chi connectivity index (χ0n) is 14.3. The molecule has 1 aliphatic heterocycles. The number of likely N-dealkylation sites (tertiary alicyclic amines) is 1. The van der Waals surface area contributed by atoms with E-state index in [0.717, 1.165) is 43.7 Å². The lowest BCUT2D eigenvalue weighted by Gasteiger charge is -2.32. The summed E-state index contributed by atoms with van der Waals surface area (Å²) in [5.41, 5.74) is 1.90. The van der Waals surface area contributed by atoms with Crippen molar-refractivity contribution in [2.45, 2.75) is 38.9 Å². The van der Waals surface area contributed by atoms with Gasteiger partial charge in [-0.05, 0) is 37.5 Å². The van der Waals surface area contributed by atoms with E-state index in [1.807, 2.05) is 19.1 Å². The normalized spacial score (nSPS) is 15.9. The number of hydrogen-bond acceptors (Lipinski definition) is 4. The zero-order chi connectivity index (χ0) is 17.6. The fourth-order valence-electron chi connectivity index (χ4n) is 2.99. The molecule has 0 atom stereocenters. The van der Waals surface area contributed by atoms with E-state index in [1.54, 1.807) is 6.07 Å². The molecule has 1 fully saturated rings. The molecule has 2 aromatic rings. The first-order valence-corrected chi connectivity index (χ1v) is 8.52. The molecule has 25 heavy (non-hydrogen) atoms. The van der Waals surface area contributed by atoms with E-state index in [0.29, 0.717) is 12.3 Å². The molecule has 2 N–H and O–H groups in total. The van der Waals surface area contributed by atoms with Gasteiger partial charge in [0.05, 0.1) is 12.2 Å². The summed E-state index contributed by atoms with van der Waals surface area (Å²) in [4.78, 5) is 14.3. The second-order valence-corrected chi connectivity index (χ2v) is 6.44. The molecule has 0 bridgehead atoms. The van der Waals surface area contributed by atoms with Crippen LogP contribution in [0.15, 0.2) is 34.9 Å². The van der Waals surface area contributed by atoms with Crippen molar-refractivity contribution in [3.05, 3.63) is 53.2 Å². The molecule has 0 saturated carbocycles. The van der Waals surface area contributed by atoms with Crippen molar-refractivity contribution >= 4 is 6.03 Å². The van der Waals surface area contributed by atoms with Crippen LogP contribution in [-0.4, -0.2) is 35.2 Å². The Hall–Kier alpha value is -2.41. The van der Waals surface area contributed by atoms with E-state index < -0.39 is 0 Å². The van der Waals surface area contributed by atoms with Crippen molar-refractivity contribution in [2.24, 2.45) is 0 Å². The van der Waals surface area contributed by atoms with Gasteiger partial charge < -0.3 is 15.2 Å². The Balaban J connectivity index is 1.37. The summed E-state index contributed by atoms with van der Waals surface area (Å²) in [6, 6.07) is 8.39. The molecule has 0 spiro atoms. The minimum atomic E-state index is -0.210. The molecule has 1 aromatic heterocycles. The quantitative estimate of drug-likeness (QED) is 0.873. The highest BCUT2D eigenvalue weighted by Gasteiger charge is 2.20. The third-order valence-corrected chi connectivity index (χ3v) is 4.34. The number of amides is 2. The summed E-state index contributed by atoms with van der Waals surface area (Å²) < 4.78 is 18.0. The van der Waals surface area contributed by atoms with Gasteiger partial charge in [-0.15, -0.1) is 0 Å². The summed E-state index contributed by atoms with van der Waals surface area (Å²) in [6.45, 7) is 4.79. The largest absolute Gasteiger partial charge is 0.359 e. The number of halogens is 1. The van der Waals surface area contributed by atoms with Gasteiger partial charge in [0.15, 0.2) is 5.76 Å². The third kappa shape index (κ3) is 5.29. The smallest absolute Gasteiger partial charge is 0.315 e. The number of benzene rings is 1. The van der Waals surface area contributed by atoms with Gasteiger partial charge in [-0.3, -0.25) is 4.90 Å². The van der Waals surface area contributed by atoms with E-state index in [9.17, 15) is 9.18 Å². The molecule has 2 heterocycles. The summed E-state index contributed by atoms with van der Waals surface area (Å²) in [7, 11) is 0. The average molecular weight is 346 g/mol. The lowest BCUT2D eigenvalue weighted by molar-refractivity contribution is 0.186. The van der Waals surface area contributed by atoms with Crippen LogP contribution >= 0.6 is 0 Å². The van der Waals surface area contributed by atoms with Crippen molar-refractivity contribution < 1.29 is 13.7 Å². The first-order valence-electron chi connectivity index (χ1n) is 8.52. The van der Waals surface area contributed by atoms with Crippen molar-refractivity contribution in [3.63, 3.8) is 0 Å². The molecule has 3 rings (SSSR count). The molecule has 0 radical (unpaired) electrons. The summed E-state index contributed by atoms with van der Waals surface area (Å²) in [5, 5.41) is 9.57. The molecule has 0 aliphatic carbocycles. The summed E-state index contributed by atoms with van der Waals surface area (Å²) >= 11 is 0. The molecule has 7 heteroatoms. The second kappa shape index (κ2) is 8.11. The van der Waals surface area contributed by atoms with Gasteiger partial charge in [0.25, 0.3) is 0 Å². The highest BCUT2D eigenvalue weighted by molar-refractivity contribution is 5.74. The number of carbonyl (C=O) groups excluding carboxylic acids is 1. The number of aryl methyl sites for hydroxylation is 1. The van der Waals surface area contributed by atoms with Crippen LogP contribution in [0.5, 0.6) is 0 Å². The molecule has 1 aliphatic rings. The van der Waals surface area contributed by atoms with E-state index in [-0.39, 0.29) is 17.9 Å². The van der Waals surface area contributed by atoms with Crippen LogP contribution in [0.3, 0.4) is 0 Å². The standard InChI is InChI=1S/C18H23FN4O2/c1-13-10-17(25-22-13)11-20-18(24)21-16-6-8-23(9-7-16)12-14-2-4-15(19)5-3-14/h2-5,10,16H,6-9,11-12H2,1H3,(H2,20,21,24). The summed E-state index contributed by atoms with van der Waals surface area (Å²) in [5.74, 6) is 0.430. The minimum Gasteiger partial charge on any atom is -0.359 e. The number of rotatable bonds is 5. The Labute approximate surface area is 146 Å². The zero-order valence-corrected chi connectivity index (χ0v) is 14.3. The van der Waals surface area contributed by atoms with Gasteiger partial charge in [0, 0.05) is 31.7 Å². The van der Waals surface area contributed by atoms with Gasteiger partial charge in [-0.2, -0.15) is 0 Å². The number of nitrogens with one attached hydrogen (secondary N) is 2. The Kier molecular flexibility index (Phi) is 5.65. The first-order chi connectivity index (χ1) is 12.1. The van der Waals surface area contributed by atoms with Crippen LogP contribution in [0, 0.1) is 12.7 Å². The maximum absolute atomic E-state index is 12.9. The SMILES string of the molecule is Cc1cc(CNC(=O)NC2CCN(Cc3ccc(F)cc3)CC2)on1. The number of nitrogens with zero attached hydrogens (tertiary/aromatic N) is 2. The van der Waals surface area contributed by atoms with Crippen molar-refractivity contribution in [1.29, 1.82) is 0 Å². The third-order valence-electron chi connectivity index (χ3n) is 4.34. The monoisotopic (exact) mass is 346 g/mol. The van der Waals surface area contributed by atoms with Crippen molar-refractivity contribution in [2.75, 3.05) is 13.1 Å². The number of hydrogen-bond donors (Lipinski definition) is 2. The van der Waals surface area contributed by atoms with Gasteiger partial charge in [0.1, 0.15) is 5.82 Å². The minimum absolute atomic E-state index is 0.168. The van der Waals surface area contributed by atoms with Crippen molar-refractivity contribution in [1.82, 2.24) is 20.7 Å². The topological polar surface area (TPSA) is 70.4 Å². The van der Waals surface area contributed by atoms with Crippen LogP contribution in [0.1, 0.15) is 29.9 Å². The van der Waals surface area contributed by atoms with Crippen LogP contribution in [0.2, 0.25) is 0 Å². The molecule has 1 aromatic carbocycles. The predicted molar refractivity (Wildman–Crippen MR) is 91.3 cm³/mol. The Morgan fingerprint density at radius 3 is 2.68 bits per heavy atom. The number of carbonyl (C=O) groups is 1. The lowest BCUT2D eigenvalue weighted by Crippen LogP contribution is -2.47. The molecular weight excluding hydrogens is 323 g/mol. The average Bonchev–Trinajstić information content (AvgIpc) is 3.02. The molecular formula is C18H23FN4O2. The highest BCUT2D eigenvalue weighted by atomic mass is 19.1. The van der Waals surface area contributed by atoms with Crippen LogP contribution in [0.4, 0.5) is 9.18 Å². The Bertz CT molecular complexity index is 693. The van der Waals surface area contributed by atoms with Gasteiger partial charge in [-0.1, -0.05) is 17.3 Å². The first kappa shape index (κ1) is 17.4. The van der Waals surface area contributed by atoms with Crippen LogP contribution < -0.4 is 10.6 Å². The fourth-order valence-corrected chi connectivity index (χ4v) is 2.99. The molecule has 0 unspecified atom stereocenters. The van der Waals surface area contributed by atoms with Crippen LogP contribution in [0.25, 0.3) is 0 Å². The number of aromatic nitrogens is 1. The Morgan fingerprint density at radius 2 is 2.04 bits per heavy atom. The maximum Gasteiger partial charge on any atom is 0.315 e. The molecule has 6 nitrogen and oxygen atoms in total. The molecule has 1 saturated heterocycles. The van der Waals surface area contributed by atoms with Crippen LogP contribution in [-0.2, 0) is 13.1 Å². The maximum atomic E-state index is 12.9. The second-order valence-electron chi connectivity index (χ2n) is 6.44. The predicted octanol–water partition coefficient (Wildman–Crippen LogP) is 2.59. The number of piperidine rings is 1. The van der Waals surface area contributed by atoms with Crippen molar-refractivity contribution in [3.8, 4) is 0 Å². The van der Waals surface area contributed by atoms with E-state index in [1.165, 1.54) is 12.1 Å². The molecule has 2 amide bonds. The summed E-state index contributed by atoms with van der Waals surface area (Å²) in [6.07, 6.45) is 1.80. The fraction of sp³-hybridized carbons (Fsp3) is 0.444. The Morgan fingerprint density at radius 1 is 1.32 bits per heavy atom. The lowest BCUT2D eigenvalue weighted by atomic mass is 10.0. The molecule has 134 valence electrons. The van der Waals surface area contributed by atoms with Gasteiger partial charge in [0.2, 0.25) is 0 Å². The van der Waals surface area contributed by atoms with E-state index in [2.05, 4.69) is 20.7 Å². The van der Waals surface area contributed by atoms with E-state index >= 15 is 0 Å². The van der Waals surface area contributed by atoms with Gasteiger partial charge >= 0.3 is 6.03 Å².